The lowest BCUT2D eigenvalue weighted by Gasteiger charge is -2.14. The molecule has 0 bridgehead atoms. The monoisotopic (exact) mass is 203 g/mol. The van der Waals surface area contributed by atoms with Gasteiger partial charge in [0.2, 0.25) is 5.91 Å². The standard InChI is InChI=1S/C11H11N2O2/c14-10-7-4-8-13(10)11(15)12-9-5-2-1-3-6-9/h1-3,5H,4,7-8H2,(H,12,15). The molecule has 1 N–H and O–H groups in total. The second kappa shape index (κ2) is 4.13. The van der Waals surface area contributed by atoms with Gasteiger partial charge in [-0.05, 0) is 12.5 Å². The summed E-state index contributed by atoms with van der Waals surface area (Å²) in [5, 5.41) is 2.62. The number of urea groups is 1. The average molecular weight is 203 g/mol. The molecule has 4 nitrogen and oxygen atoms in total. The number of hydrogen-bond acceptors (Lipinski definition) is 2. The number of carbonyl (C=O) groups is 2. The van der Waals surface area contributed by atoms with Gasteiger partial charge in [0, 0.05) is 19.0 Å². The highest BCUT2D eigenvalue weighted by Gasteiger charge is 2.26. The molecule has 4 heteroatoms. The first-order valence-electron chi connectivity index (χ1n) is 4.85. The molecule has 15 heavy (non-hydrogen) atoms. The van der Waals surface area contributed by atoms with Gasteiger partial charge in [-0.3, -0.25) is 9.69 Å². The summed E-state index contributed by atoms with van der Waals surface area (Å²) in [7, 11) is 0. The summed E-state index contributed by atoms with van der Waals surface area (Å²) in [6.07, 6.45) is 1.22. The Labute approximate surface area is 87.9 Å². The third kappa shape index (κ3) is 2.15. The van der Waals surface area contributed by atoms with Crippen molar-refractivity contribution in [3.8, 4) is 0 Å². The minimum Gasteiger partial charge on any atom is -0.307 e. The summed E-state index contributed by atoms with van der Waals surface area (Å²) >= 11 is 0. The number of carbonyl (C=O) groups excluding carboxylic acids is 2. The lowest BCUT2D eigenvalue weighted by atomic mass is 10.3. The van der Waals surface area contributed by atoms with Crippen molar-refractivity contribution in [3.63, 3.8) is 0 Å². The van der Waals surface area contributed by atoms with Crippen molar-refractivity contribution in [2.45, 2.75) is 12.8 Å². The molecular formula is C11H11N2O2. The number of nitrogens with one attached hydrogen (secondary N) is 1. The van der Waals surface area contributed by atoms with Crippen molar-refractivity contribution in [3.05, 3.63) is 30.3 Å². The Bertz CT molecular complexity index is 375. The van der Waals surface area contributed by atoms with Crippen LogP contribution in [0, 0.1) is 6.07 Å². The molecule has 0 atom stereocenters. The van der Waals surface area contributed by atoms with E-state index in [-0.39, 0.29) is 11.9 Å². The SMILES string of the molecule is O=C1CCCN1C(=O)Nc1[c]cccc1. The molecule has 0 spiro atoms. The number of rotatable bonds is 1. The lowest BCUT2D eigenvalue weighted by molar-refractivity contribution is -0.125. The molecule has 1 radical (unpaired) electrons. The molecule has 0 aromatic heterocycles. The van der Waals surface area contributed by atoms with E-state index >= 15 is 0 Å². The first-order valence-corrected chi connectivity index (χ1v) is 4.85. The summed E-state index contributed by atoms with van der Waals surface area (Å²) in [6.45, 7) is 0.511. The second-order valence-corrected chi connectivity index (χ2v) is 3.36. The lowest BCUT2D eigenvalue weighted by Crippen LogP contribution is -2.35. The zero-order chi connectivity index (χ0) is 10.7. The highest BCUT2D eigenvalue weighted by atomic mass is 16.2. The highest BCUT2D eigenvalue weighted by molar-refractivity contribution is 6.02. The Morgan fingerprint density at radius 1 is 1.47 bits per heavy atom. The maximum atomic E-state index is 11.6. The zero-order valence-corrected chi connectivity index (χ0v) is 8.19. The van der Waals surface area contributed by atoms with Crippen molar-refractivity contribution < 1.29 is 9.59 Å². The predicted octanol–water partition coefficient (Wildman–Crippen LogP) is 1.64. The second-order valence-electron chi connectivity index (χ2n) is 3.36. The number of nitrogens with zero attached hydrogens (tertiary/aromatic N) is 1. The highest BCUT2D eigenvalue weighted by Crippen LogP contribution is 2.12. The van der Waals surface area contributed by atoms with Crippen LogP contribution in [0.1, 0.15) is 12.8 Å². The van der Waals surface area contributed by atoms with Crippen LogP contribution in [0.5, 0.6) is 0 Å². The molecule has 0 unspecified atom stereocenters. The Hall–Kier alpha value is -1.84. The third-order valence-corrected chi connectivity index (χ3v) is 2.27. The van der Waals surface area contributed by atoms with E-state index in [1.807, 2.05) is 6.07 Å². The Morgan fingerprint density at radius 2 is 2.33 bits per heavy atom. The van der Waals surface area contributed by atoms with Gasteiger partial charge in [0.1, 0.15) is 0 Å². The first kappa shape index (κ1) is 9.71. The van der Waals surface area contributed by atoms with Crippen LogP contribution >= 0.6 is 0 Å². The van der Waals surface area contributed by atoms with Gasteiger partial charge in [-0.2, -0.15) is 0 Å². The van der Waals surface area contributed by atoms with Gasteiger partial charge in [0.05, 0.1) is 5.69 Å². The van der Waals surface area contributed by atoms with Crippen molar-refractivity contribution >= 4 is 17.6 Å². The van der Waals surface area contributed by atoms with Crippen LogP contribution < -0.4 is 5.32 Å². The van der Waals surface area contributed by atoms with Gasteiger partial charge in [-0.1, -0.05) is 18.2 Å². The molecule has 1 heterocycles. The molecule has 1 aromatic rings. The maximum absolute atomic E-state index is 11.6. The number of likely N-dealkylation sites (tertiary alicyclic amines) is 1. The number of imide groups is 1. The van der Waals surface area contributed by atoms with Gasteiger partial charge in [-0.15, -0.1) is 0 Å². The summed E-state index contributed by atoms with van der Waals surface area (Å²) in [4.78, 5) is 24.1. The summed E-state index contributed by atoms with van der Waals surface area (Å²) < 4.78 is 0. The van der Waals surface area contributed by atoms with E-state index < -0.39 is 0 Å². The van der Waals surface area contributed by atoms with Crippen molar-refractivity contribution in [2.24, 2.45) is 0 Å². The largest absolute Gasteiger partial charge is 0.328 e. The quantitative estimate of drug-likeness (QED) is 0.754. The third-order valence-electron chi connectivity index (χ3n) is 2.27. The molecule has 1 aliphatic rings. The summed E-state index contributed by atoms with van der Waals surface area (Å²) in [5.74, 6) is -0.108. The smallest absolute Gasteiger partial charge is 0.307 e. The number of para-hydroxylation sites is 1. The van der Waals surface area contributed by atoms with E-state index in [0.717, 1.165) is 6.42 Å². The van der Waals surface area contributed by atoms with Crippen LogP contribution in [0.15, 0.2) is 24.3 Å². The number of hydrogen-bond donors (Lipinski definition) is 1. The van der Waals surface area contributed by atoms with Crippen LogP contribution in [0.25, 0.3) is 0 Å². The Morgan fingerprint density at radius 3 is 2.93 bits per heavy atom. The molecule has 0 saturated carbocycles. The van der Waals surface area contributed by atoms with Gasteiger partial charge in [0.15, 0.2) is 0 Å². The van der Waals surface area contributed by atoms with Crippen LogP contribution in [0.2, 0.25) is 0 Å². The van der Waals surface area contributed by atoms with Crippen molar-refractivity contribution in [1.29, 1.82) is 0 Å². The fourth-order valence-electron chi connectivity index (χ4n) is 1.52. The molecule has 0 aliphatic carbocycles. The molecular weight excluding hydrogens is 192 g/mol. The Kier molecular flexibility index (Phi) is 2.67. The zero-order valence-electron chi connectivity index (χ0n) is 8.19. The predicted molar refractivity (Wildman–Crippen MR) is 55.2 cm³/mol. The number of benzene rings is 1. The molecule has 2 rings (SSSR count). The topological polar surface area (TPSA) is 49.4 Å². The van der Waals surface area contributed by atoms with Crippen LogP contribution in [0.3, 0.4) is 0 Å². The minimum atomic E-state index is -0.361. The van der Waals surface area contributed by atoms with E-state index in [4.69, 9.17) is 0 Å². The van der Waals surface area contributed by atoms with E-state index in [0.29, 0.717) is 18.7 Å². The van der Waals surface area contributed by atoms with Gasteiger partial charge in [0.25, 0.3) is 0 Å². The molecule has 1 aromatic carbocycles. The van der Waals surface area contributed by atoms with Gasteiger partial charge >= 0.3 is 6.03 Å². The Balaban J connectivity index is 2.01. The summed E-state index contributed by atoms with van der Waals surface area (Å²) in [5.41, 5.74) is 0.585. The number of anilines is 1. The minimum absolute atomic E-state index is 0.108. The maximum Gasteiger partial charge on any atom is 0.328 e. The molecule has 1 fully saturated rings. The van der Waals surface area contributed by atoms with E-state index in [1.165, 1.54) is 4.90 Å². The van der Waals surface area contributed by atoms with Crippen molar-refractivity contribution in [2.75, 3.05) is 11.9 Å². The molecule has 77 valence electrons. The van der Waals surface area contributed by atoms with Gasteiger partial charge < -0.3 is 5.32 Å². The van der Waals surface area contributed by atoms with E-state index in [1.54, 1.807) is 18.2 Å². The summed E-state index contributed by atoms with van der Waals surface area (Å²) in [6, 6.07) is 9.57. The van der Waals surface area contributed by atoms with Crippen LogP contribution in [-0.4, -0.2) is 23.4 Å². The molecule has 1 aliphatic heterocycles. The molecule has 1 saturated heterocycles. The fraction of sp³-hybridized carbons (Fsp3) is 0.273. The van der Waals surface area contributed by atoms with E-state index in [2.05, 4.69) is 11.4 Å². The number of amides is 3. The van der Waals surface area contributed by atoms with Crippen LogP contribution in [-0.2, 0) is 4.79 Å². The fourth-order valence-corrected chi connectivity index (χ4v) is 1.52. The van der Waals surface area contributed by atoms with Crippen molar-refractivity contribution in [1.82, 2.24) is 4.90 Å². The average Bonchev–Trinajstić information content (AvgIpc) is 2.66. The van der Waals surface area contributed by atoms with Crippen LogP contribution in [0.4, 0.5) is 10.5 Å². The molecule has 3 amide bonds. The van der Waals surface area contributed by atoms with E-state index in [9.17, 15) is 9.59 Å². The first-order chi connectivity index (χ1) is 7.27. The normalized spacial score (nSPS) is 15.5. The van der Waals surface area contributed by atoms with Gasteiger partial charge in [-0.25, -0.2) is 4.79 Å².